The number of imide groups is 1. The van der Waals surface area contributed by atoms with Gasteiger partial charge in [0.1, 0.15) is 5.82 Å². The van der Waals surface area contributed by atoms with Crippen molar-refractivity contribution in [2.24, 2.45) is 11.8 Å². The third kappa shape index (κ3) is 3.71. The number of hydrogen-bond donors (Lipinski definition) is 0. The lowest BCUT2D eigenvalue weighted by Gasteiger charge is -2.14. The van der Waals surface area contributed by atoms with Crippen LogP contribution in [0.25, 0.3) is 0 Å². The standard InChI is InChI=1S/C19H18FNO5/c20-13-5-3-4-12(10-13)16(22)11-26-17(23)8-9-21-18(24)14-6-1-2-7-15(14)19(21)25/h1-5,10,14-15H,6-9,11H2/t14-,15-/m0/s1. The van der Waals surface area contributed by atoms with Gasteiger partial charge in [-0.1, -0.05) is 24.3 Å². The van der Waals surface area contributed by atoms with E-state index in [4.69, 9.17) is 4.74 Å². The van der Waals surface area contributed by atoms with Gasteiger partial charge in [-0.25, -0.2) is 4.39 Å². The number of esters is 1. The molecule has 2 atom stereocenters. The minimum absolute atomic E-state index is 0.0579. The van der Waals surface area contributed by atoms with E-state index < -0.39 is 24.2 Å². The summed E-state index contributed by atoms with van der Waals surface area (Å²) in [5.41, 5.74) is 0.110. The van der Waals surface area contributed by atoms with Crippen molar-refractivity contribution < 1.29 is 28.3 Å². The first kappa shape index (κ1) is 18.0. The van der Waals surface area contributed by atoms with E-state index in [0.717, 1.165) is 11.0 Å². The fraction of sp³-hybridized carbons (Fsp3) is 0.368. The summed E-state index contributed by atoms with van der Waals surface area (Å²) in [7, 11) is 0. The van der Waals surface area contributed by atoms with E-state index in [9.17, 15) is 23.6 Å². The van der Waals surface area contributed by atoms with Crippen LogP contribution in [-0.4, -0.2) is 41.6 Å². The number of ether oxygens (including phenoxy) is 1. The number of carbonyl (C=O) groups excluding carboxylic acids is 4. The Morgan fingerprint density at radius 2 is 1.77 bits per heavy atom. The molecule has 7 heteroatoms. The van der Waals surface area contributed by atoms with Crippen LogP contribution < -0.4 is 0 Å². The molecule has 2 amide bonds. The van der Waals surface area contributed by atoms with E-state index in [2.05, 4.69) is 0 Å². The number of amides is 2. The van der Waals surface area contributed by atoms with Crippen LogP contribution in [0.15, 0.2) is 36.4 Å². The summed E-state index contributed by atoms with van der Waals surface area (Å²) in [5.74, 6) is -2.95. The summed E-state index contributed by atoms with van der Waals surface area (Å²) in [6.45, 7) is -0.572. The van der Waals surface area contributed by atoms with Crippen molar-refractivity contribution in [1.29, 1.82) is 0 Å². The Morgan fingerprint density at radius 3 is 2.38 bits per heavy atom. The van der Waals surface area contributed by atoms with Gasteiger partial charge in [-0.05, 0) is 25.0 Å². The Bertz CT molecular complexity index is 762. The molecule has 0 unspecified atom stereocenters. The Balaban J connectivity index is 1.48. The van der Waals surface area contributed by atoms with Gasteiger partial charge < -0.3 is 4.74 Å². The highest BCUT2D eigenvalue weighted by Gasteiger charge is 2.46. The van der Waals surface area contributed by atoms with E-state index >= 15 is 0 Å². The summed E-state index contributed by atoms with van der Waals surface area (Å²) >= 11 is 0. The lowest BCUT2D eigenvalue weighted by molar-refractivity contribution is -0.145. The molecule has 1 aromatic carbocycles. The van der Waals surface area contributed by atoms with Crippen LogP contribution in [0.5, 0.6) is 0 Å². The lowest BCUT2D eigenvalue weighted by Crippen LogP contribution is -2.33. The Labute approximate surface area is 149 Å². The fourth-order valence-electron chi connectivity index (χ4n) is 3.26. The third-order valence-corrected chi connectivity index (χ3v) is 4.65. The Kier molecular flexibility index (Phi) is 5.25. The number of hydrogen-bond acceptors (Lipinski definition) is 5. The van der Waals surface area contributed by atoms with Crippen molar-refractivity contribution in [3.05, 3.63) is 47.8 Å². The molecular formula is C19H18FNO5. The van der Waals surface area contributed by atoms with Crippen LogP contribution in [0.2, 0.25) is 0 Å². The molecule has 1 heterocycles. The number of Topliss-reactive ketones (excluding diaryl/α,β-unsaturated/α-hetero) is 1. The summed E-state index contributed by atoms with van der Waals surface area (Å²) in [5, 5.41) is 0. The summed E-state index contributed by atoms with van der Waals surface area (Å²) in [6.07, 6.45) is 4.68. The predicted octanol–water partition coefficient (Wildman–Crippen LogP) is 1.89. The number of nitrogens with zero attached hydrogens (tertiary/aromatic N) is 1. The van der Waals surface area contributed by atoms with Crippen molar-refractivity contribution in [2.45, 2.75) is 19.3 Å². The first-order valence-electron chi connectivity index (χ1n) is 8.42. The molecule has 26 heavy (non-hydrogen) atoms. The molecule has 0 aromatic heterocycles. The molecule has 0 spiro atoms. The van der Waals surface area contributed by atoms with Crippen LogP contribution >= 0.6 is 0 Å². The van der Waals surface area contributed by atoms with Gasteiger partial charge in [-0.2, -0.15) is 0 Å². The van der Waals surface area contributed by atoms with Gasteiger partial charge >= 0.3 is 5.97 Å². The van der Waals surface area contributed by atoms with Crippen LogP contribution in [0.4, 0.5) is 4.39 Å². The molecule has 1 aliphatic carbocycles. The molecule has 1 fully saturated rings. The zero-order valence-electron chi connectivity index (χ0n) is 14.0. The molecule has 1 saturated heterocycles. The third-order valence-electron chi connectivity index (χ3n) is 4.65. The van der Waals surface area contributed by atoms with Gasteiger partial charge in [0.05, 0.1) is 18.3 Å². The molecule has 0 N–H and O–H groups in total. The monoisotopic (exact) mass is 359 g/mol. The number of allylic oxidation sites excluding steroid dienone is 2. The quantitative estimate of drug-likeness (QED) is 0.335. The largest absolute Gasteiger partial charge is 0.457 e. The molecule has 1 aliphatic heterocycles. The Morgan fingerprint density at radius 1 is 1.12 bits per heavy atom. The number of ketones is 1. The van der Waals surface area contributed by atoms with E-state index in [-0.39, 0.29) is 42.2 Å². The maximum Gasteiger partial charge on any atom is 0.308 e. The van der Waals surface area contributed by atoms with Crippen molar-refractivity contribution in [1.82, 2.24) is 4.90 Å². The number of rotatable bonds is 6. The van der Waals surface area contributed by atoms with Crippen LogP contribution in [-0.2, 0) is 19.1 Å². The van der Waals surface area contributed by atoms with Crippen LogP contribution in [0.1, 0.15) is 29.6 Å². The number of carbonyl (C=O) groups is 4. The second kappa shape index (κ2) is 7.59. The molecule has 0 radical (unpaired) electrons. The molecule has 136 valence electrons. The van der Waals surface area contributed by atoms with Crippen LogP contribution in [0.3, 0.4) is 0 Å². The van der Waals surface area contributed by atoms with Gasteiger partial charge in [-0.15, -0.1) is 0 Å². The number of fused-ring (bicyclic) bond motifs is 1. The average Bonchev–Trinajstić information content (AvgIpc) is 2.89. The van der Waals surface area contributed by atoms with Gasteiger partial charge in [-0.3, -0.25) is 24.1 Å². The highest BCUT2D eigenvalue weighted by atomic mass is 19.1. The van der Waals surface area contributed by atoms with Crippen LogP contribution in [0, 0.1) is 17.7 Å². The lowest BCUT2D eigenvalue weighted by atomic mass is 9.85. The van der Waals surface area contributed by atoms with Gasteiger partial charge in [0.25, 0.3) is 0 Å². The fourth-order valence-corrected chi connectivity index (χ4v) is 3.26. The maximum absolute atomic E-state index is 13.1. The van der Waals surface area contributed by atoms with Crippen molar-refractivity contribution in [2.75, 3.05) is 13.2 Å². The maximum atomic E-state index is 13.1. The summed E-state index contributed by atoms with van der Waals surface area (Å²) in [4.78, 5) is 49.3. The van der Waals surface area contributed by atoms with Crippen molar-refractivity contribution in [3.8, 4) is 0 Å². The van der Waals surface area contributed by atoms with E-state index in [1.165, 1.54) is 18.2 Å². The molecule has 3 rings (SSSR count). The van der Waals surface area contributed by atoms with Gasteiger partial charge in [0.2, 0.25) is 11.8 Å². The SMILES string of the molecule is O=C(CCN1C(=O)[C@H]2CC=CC[C@@H]2C1=O)OCC(=O)c1cccc(F)c1. The summed E-state index contributed by atoms with van der Waals surface area (Å²) < 4.78 is 18.0. The average molecular weight is 359 g/mol. The normalized spacial score (nSPS) is 21.7. The van der Waals surface area contributed by atoms with Crippen molar-refractivity contribution in [3.63, 3.8) is 0 Å². The minimum Gasteiger partial charge on any atom is -0.457 e. The molecule has 0 bridgehead atoms. The second-order valence-corrected chi connectivity index (χ2v) is 6.33. The highest BCUT2D eigenvalue weighted by Crippen LogP contribution is 2.34. The number of likely N-dealkylation sites (tertiary alicyclic amines) is 1. The predicted molar refractivity (Wildman–Crippen MR) is 88.4 cm³/mol. The number of halogens is 1. The van der Waals surface area contributed by atoms with E-state index in [0.29, 0.717) is 12.8 Å². The highest BCUT2D eigenvalue weighted by molar-refractivity contribution is 6.05. The minimum atomic E-state index is -0.691. The molecule has 1 aromatic rings. The topological polar surface area (TPSA) is 80.8 Å². The van der Waals surface area contributed by atoms with Gasteiger partial charge in [0, 0.05) is 12.1 Å². The zero-order valence-corrected chi connectivity index (χ0v) is 14.0. The summed E-state index contributed by atoms with van der Waals surface area (Å²) in [6, 6.07) is 5.09. The molecule has 0 saturated carbocycles. The molecular weight excluding hydrogens is 341 g/mol. The smallest absolute Gasteiger partial charge is 0.308 e. The first-order chi connectivity index (χ1) is 12.5. The Hall–Kier alpha value is -2.83. The molecule has 6 nitrogen and oxygen atoms in total. The van der Waals surface area contributed by atoms with E-state index in [1.807, 2.05) is 12.2 Å². The first-order valence-corrected chi connectivity index (χ1v) is 8.42. The molecule has 2 aliphatic rings. The zero-order chi connectivity index (χ0) is 18.7. The number of benzene rings is 1. The van der Waals surface area contributed by atoms with E-state index in [1.54, 1.807) is 0 Å². The van der Waals surface area contributed by atoms with Crippen molar-refractivity contribution >= 4 is 23.6 Å². The van der Waals surface area contributed by atoms with Gasteiger partial charge in [0.15, 0.2) is 12.4 Å². The second-order valence-electron chi connectivity index (χ2n) is 6.33.